The van der Waals surface area contributed by atoms with Crippen LogP contribution in [0.4, 0.5) is 0 Å². The van der Waals surface area contributed by atoms with Crippen LogP contribution in [0, 0.1) is 0 Å². The zero-order chi connectivity index (χ0) is 15.2. The van der Waals surface area contributed by atoms with Crippen molar-refractivity contribution in [3.63, 3.8) is 0 Å². The van der Waals surface area contributed by atoms with Crippen LogP contribution in [0.2, 0.25) is 0 Å². The predicted octanol–water partition coefficient (Wildman–Crippen LogP) is 2.58. The molecule has 120 valence electrons. The Bertz CT molecular complexity index is 561. The van der Waals surface area contributed by atoms with Gasteiger partial charge in [0.1, 0.15) is 0 Å². The van der Waals surface area contributed by atoms with Crippen LogP contribution >= 0.6 is 23.7 Å². The van der Waals surface area contributed by atoms with E-state index in [9.17, 15) is 9.90 Å². The van der Waals surface area contributed by atoms with E-state index in [1.807, 2.05) is 47.2 Å². The summed E-state index contributed by atoms with van der Waals surface area (Å²) in [7, 11) is 0. The normalized spacial score (nSPS) is 13.0. The number of amides is 1. The first kappa shape index (κ1) is 18.6. The lowest BCUT2D eigenvalue weighted by Gasteiger charge is -2.27. The second-order valence-corrected chi connectivity index (χ2v) is 5.85. The third kappa shape index (κ3) is 5.10. The minimum atomic E-state index is -0.692. The second-order valence-electron chi connectivity index (χ2n) is 5.07. The number of rotatable bonds is 6. The first-order chi connectivity index (χ1) is 10.1. The first-order valence-electron chi connectivity index (χ1n) is 6.86. The van der Waals surface area contributed by atoms with Gasteiger partial charge in [0.05, 0.1) is 18.7 Å². The highest BCUT2D eigenvalue weighted by atomic mass is 35.5. The quantitative estimate of drug-likeness (QED) is 0.849. The largest absolute Gasteiger partial charge is 0.387 e. The number of benzene rings is 1. The van der Waals surface area contributed by atoms with Crippen molar-refractivity contribution in [1.29, 1.82) is 0 Å². The molecular weight excluding hydrogens is 320 g/mol. The van der Waals surface area contributed by atoms with Gasteiger partial charge < -0.3 is 15.7 Å². The monoisotopic (exact) mass is 340 g/mol. The average Bonchev–Trinajstić information content (AvgIpc) is 3.01. The standard InChI is InChI=1S/C16H20N2O2S.ClH/c1-12(17)16(20)18(9-13-5-3-2-4-6-13)10-15(19)14-7-8-21-11-14;/h2-8,11-12,15,19H,9-10,17H2,1H3;1H/t12-,15?;/m1./s1. The summed E-state index contributed by atoms with van der Waals surface area (Å²) >= 11 is 1.53. The number of hydrogen-bond acceptors (Lipinski definition) is 4. The summed E-state index contributed by atoms with van der Waals surface area (Å²) < 4.78 is 0. The molecule has 0 saturated carbocycles. The maximum absolute atomic E-state index is 12.2. The Morgan fingerprint density at radius 2 is 2.00 bits per heavy atom. The van der Waals surface area contributed by atoms with E-state index in [0.29, 0.717) is 6.54 Å². The van der Waals surface area contributed by atoms with Crippen molar-refractivity contribution >= 4 is 29.7 Å². The van der Waals surface area contributed by atoms with E-state index >= 15 is 0 Å². The highest BCUT2D eigenvalue weighted by molar-refractivity contribution is 7.07. The Kier molecular flexibility index (Phi) is 7.55. The molecule has 0 saturated heterocycles. The van der Waals surface area contributed by atoms with Crippen LogP contribution < -0.4 is 5.73 Å². The molecule has 1 heterocycles. The lowest BCUT2D eigenvalue weighted by molar-refractivity contribution is -0.134. The maximum Gasteiger partial charge on any atom is 0.239 e. The van der Waals surface area contributed by atoms with Gasteiger partial charge >= 0.3 is 0 Å². The molecule has 1 aromatic heterocycles. The molecule has 1 aromatic carbocycles. The molecule has 0 aliphatic carbocycles. The Morgan fingerprint density at radius 1 is 1.32 bits per heavy atom. The summed E-state index contributed by atoms with van der Waals surface area (Å²) in [6.45, 7) is 2.35. The van der Waals surface area contributed by atoms with Gasteiger partial charge in [0, 0.05) is 6.54 Å². The molecule has 6 heteroatoms. The molecule has 2 aromatic rings. The van der Waals surface area contributed by atoms with Gasteiger partial charge in [-0.25, -0.2) is 0 Å². The summed E-state index contributed by atoms with van der Waals surface area (Å²) in [5.41, 5.74) is 7.56. The van der Waals surface area contributed by atoms with E-state index in [-0.39, 0.29) is 24.9 Å². The number of carbonyl (C=O) groups is 1. The number of carbonyl (C=O) groups excluding carboxylic acids is 1. The minimum Gasteiger partial charge on any atom is -0.387 e. The van der Waals surface area contributed by atoms with Crippen LogP contribution in [0.25, 0.3) is 0 Å². The van der Waals surface area contributed by atoms with E-state index in [0.717, 1.165) is 11.1 Å². The number of nitrogens with two attached hydrogens (primary N) is 1. The number of halogens is 1. The van der Waals surface area contributed by atoms with Gasteiger partial charge in [-0.3, -0.25) is 4.79 Å². The summed E-state index contributed by atoms with van der Waals surface area (Å²) in [4.78, 5) is 13.9. The SMILES string of the molecule is C[C@@H](N)C(=O)N(Cc1ccccc1)CC(O)c1ccsc1.Cl. The molecule has 2 atom stereocenters. The van der Waals surface area contributed by atoms with E-state index in [1.54, 1.807) is 11.8 Å². The van der Waals surface area contributed by atoms with Gasteiger partial charge in [-0.1, -0.05) is 30.3 Å². The Hall–Kier alpha value is -1.40. The maximum atomic E-state index is 12.2. The van der Waals surface area contributed by atoms with Crippen LogP contribution in [0.1, 0.15) is 24.2 Å². The molecule has 22 heavy (non-hydrogen) atoms. The fourth-order valence-electron chi connectivity index (χ4n) is 2.10. The fourth-order valence-corrected chi connectivity index (χ4v) is 2.81. The number of aliphatic hydroxyl groups is 1. The minimum absolute atomic E-state index is 0. The van der Waals surface area contributed by atoms with Crippen LogP contribution in [0.3, 0.4) is 0 Å². The van der Waals surface area contributed by atoms with Crippen molar-refractivity contribution in [2.45, 2.75) is 25.6 Å². The highest BCUT2D eigenvalue weighted by Crippen LogP contribution is 2.19. The zero-order valence-corrected chi connectivity index (χ0v) is 14.0. The topological polar surface area (TPSA) is 66.6 Å². The lowest BCUT2D eigenvalue weighted by Crippen LogP contribution is -2.43. The van der Waals surface area contributed by atoms with Crippen LogP contribution in [-0.2, 0) is 11.3 Å². The van der Waals surface area contributed by atoms with Gasteiger partial charge in [0.25, 0.3) is 0 Å². The third-order valence-electron chi connectivity index (χ3n) is 3.24. The molecule has 0 aliphatic rings. The fraction of sp³-hybridized carbons (Fsp3) is 0.312. The van der Waals surface area contributed by atoms with Crippen LogP contribution in [0.15, 0.2) is 47.2 Å². The molecule has 0 bridgehead atoms. The lowest BCUT2D eigenvalue weighted by atomic mass is 10.1. The molecular formula is C16H21ClN2O2S. The molecule has 2 rings (SSSR count). The molecule has 0 radical (unpaired) electrons. The Balaban J connectivity index is 0.00000242. The van der Waals surface area contributed by atoms with Gasteiger partial charge in [-0.15, -0.1) is 12.4 Å². The van der Waals surface area contributed by atoms with Gasteiger partial charge in [0.2, 0.25) is 5.91 Å². The van der Waals surface area contributed by atoms with E-state index in [2.05, 4.69) is 0 Å². The molecule has 3 N–H and O–H groups in total. The molecule has 0 aliphatic heterocycles. The number of thiophene rings is 1. The summed E-state index contributed by atoms with van der Waals surface area (Å²) in [6, 6.07) is 11.0. The molecule has 4 nitrogen and oxygen atoms in total. The molecule has 0 spiro atoms. The molecule has 1 amide bonds. The van der Waals surface area contributed by atoms with Gasteiger partial charge in [-0.05, 0) is 34.9 Å². The number of nitrogens with zero attached hydrogens (tertiary/aromatic N) is 1. The predicted molar refractivity (Wildman–Crippen MR) is 92.0 cm³/mol. The van der Waals surface area contributed by atoms with Crippen molar-refractivity contribution in [3.8, 4) is 0 Å². The number of hydrogen-bond donors (Lipinski definition) is 2. The number of aliphatic hydroxyl groups excluding tert-OH is 1. The van der Waals surface area contributed by atoms with Gasteiger partial charge in [-0.2, -0.15) is 11.3 Å². The molecule has 1 unspecified atom stereocenters. The van der Waals surface area contributed by atoms with Gasteiger partial charge in [0.15, 0.2) is 0 Å². The van der Waals surface area contributed by atoms with Crippen molar-refractivity contribution < 1.29 is 9.90 Å². The summed E-state index contributed by atoms with van der Waals surface area (Å²) in [5.74, 6) is -0.159. The zero-order valence-electron chi connectivity index (χ0n) is 12.4. The van der Waals surface area contributed by atoms with E-state index in [4.69, 9.17) is 5.73 Å². The smallest absolute Gasteiger partial charge is 0.239 e. The Morgan fingerprint density at radius 3 is 2.55 bits per heavy atom. The highest BCUT2D eigenvalue weighted by Gasteiger charge is 2.21. The first-order valence-corrected chi connectivity index (χ1v) is 7.80. The second kappa shape index (κ2) is 8.90. The van der Waals surface area contributed by atoms with Crippen molar-refractivity contribution in [2.24, 2.45) is 5.73 Å². The third-order valence-corrected chi connectivity index (χ3v) is 3.94. The van der Waals surface area contributed by atoms with E-state index in [1.165, 1.54) is 11.3 Å². The van der Waals surface area contributed by atoms with Crippen molar-refractivity contribution in [2.75, 3.05) is 6.54 Å². The van der Waals surface area contributed by atoms with Crippen LogP contribution in [-0.4, -0.2) is 28.5 Å². The average molecular weight is 341 g/mol. The van der Waals surface area contributed by atoms with Crippen molar-refractivity contribution in [3.05, 3.63) is 58.3 Å². The van der Waals surface area contributed by atoms with Crippen LogP contribution in [0.5, 0.6) is 0 Å². The summed E-state index contributed by atoms with van der Waals surface area (Å²) in [5, 5.41) is 14.1. The van der Waals surface area contributed by atoms with Crippen molar-refractivity contribution in [1.82, 2.24) is 4.90 Å². The molecule has 0 fully saturated rings. The van der Waals surface area contributed by atoms with E-state index < -0.39 is 12.1 Å². The Labute approximate surface area is 141 Å². The summed E-state index contributed by atoms with van der Waals surface area (Å²) in [6.07, 6.45) is -0.692.